The number of hydrogen-bond acceptors (Lipinski definition) is 2. The Hall–Kier alpha value is -1.26. The number of nitrogens with zero attached hydrogens (tertiary/aromatic N) is 1. The molecule has 0 saturated heterocycles. The van der Waals surface area contributed by atoms with Gasteiger partial charge in [0.1, 0.15) is 6.04 Å². The second kappa shape index (κ2) is 6.23. The van der Waals surface area contributed by atoms with E-state index >= 15 is 0 Å². The van der Waals surface area contributed by atoms with Gasteiger partial charge in [-0.05, 0) is 20.8 Å². The zero-order valence-corrected chi connectivity index (χ0v) is 9.26. The third-order valence-corrected chi connectivity index (χ3v) is 1.91. The molecule has 5 nitrogen and oxygen atoms in total. The molecule has 0 aliphatic carbocycles. The molecule has 0 aromatic rings. The molecule has 82 valence electrons. The molecule has 0 rings (SSSR count). The van der Waals surface area contributed by atoms with Crippen molar-refractivity contribution in [3.63, 3.8) is 0 Å². The summed E-state index contributed by atoms with van der Waals surface area (Å²) in [5.41, 5.74) is 0. The van der Waals surface area contributed by atoms with Crippen LogP contribution in [0.25, 0.3) is 0 Å². The van der Waals surface area contributed by atoms with E-state index in [1.807, 2.05) is 13.8 Å². The van der Waals surface area contributed by atoms with Crippen LogP contribution in [-0.2, 0) is 4.79 Å². The van der Waals surface area contributed by atoms with Crippen molar-refractivity contribution in [3.05, 3.63) is 0 Å². The molecule has 0 aliphatic heterocycles. The van der Waals surface area contributed by atoms with E-state index in [1.54, 1.807) is 18.9 Å². The van der Waals surface area contributed by atoms with Gasteiger partial charge in [-0.2, -0.15) is 0 Å². The minimum Gasteiger partial charge on any atom is -0.344 e. The van der Waals surface area contributed by atoms with Crippen LogP contribution in [0.15, 0.2) is 0 Å². The molecule has 0 aliphatic rings. The second-order valence-electron chi connectivity index (χ2n) is 3.08. The van der Waals surface area contributed by atoms with Crippen LogP contribution in [0.5, 0.6) is 0 Å². The average molecular weight is 201 g/mol. The van der Waals surface area contributed by atoms with Gasteiger partial charge in [0.05, 0.1) is 0 Å². The summed E-state index contributed by atoms with van der Waals surface area (Å²) >= 11 is 0. The fourth-order valence-electron chi connectivity index (χ4n) is 0.956. The van der Waals surface area contributed by atoms with Gasteiger partial charge in [0, 0.05) is 20.1 Å². The second-order valence-corrected chi connectivity index (χ2v) is 3.08. The summed E-state index contributed by atoms with van der Waals surface area (Å²) in [6.45, 7) is 6.57. The van der Waals surface area contributed by atoms with E-state index in [0.717, 1.165) is 0 Å². The molecule has 0 heterocycles. The predicted octanol–water partition coefficient (Wildman–Crippen LogP) is 0.172. The first-order valence-electron chi connectivity index (χ1n) is 4.82. The molecule has 2 N–H and O–H groups in total. The Morgan fingerprint density at radius 2 is 1.93 bits per heavy atom. The van der Waals surface area contributed by atoms with Crippen molar-refractivity contribution in [2.75, 3.05) is 20.1 Å². The molecular formula is C9H19N3O2. The largest absolute Gasteiger partial charge is 0.344 e. The Balaban J connectivity index is 4.01. The molecule has 14 heavy (non-hydrogen) atoms. The number of amides is 3. The van der Waals surface area contributed by atoms with Gasteiger partial charge in [-0.25, -0.2) is 4.79 Å². The molecule has 0 bridgehead atoms. The number of urea groups is 1. The predicted molar refractivity (Wildman–Crippen MR) is 55.0 cm³/mol. The quantitative estimate of drug-likeness (QED) is 0.681. The fourth-order valence-corrected chi connectivity index (χ4v) is 0.956. The Labute approximate surface area is 84.8 Å². The Kier molecular flexibility index (Phi) is 5.67. The number of rotatable bonds is 4. The van der Waals surface area contributed by atoms with Crippen molar-refractivity contribution in [3.8, 4) is 0 Å². The summed E-state index contributed by atoms with van der Waals surface area (Å²) in [6.07, 6.45) is 0. The Morgan fingerprint density at radius 1 is 1.36 bits per heavy atom. The maximum Gasteiger partial charge on any atom is 0.315 e. The summed E-state index contributed by atoms with van der Waals surface area (Å²) < 4.78 is 0. The number of carbonyl (C=O) groups excluding carboxylic acids is 2. The molecule has 1 unspecified atom stereocenters. The molecule has 0 radical (unpaired) electrons. The number of carbonyl (C=O) groups is 2. The molecular weight excluding hydrogens is 182 g/mol. The Bertz CT molecular complexity index is 206. The van der Waals surface area contributed by atoms with Crippen molar-refractivity contribution < 1.29 is 9.59 Å². The van der Waals surface area contributed by atoms with Gasteiger partial charge >= 0.3 is 6.03 Å². The molecule has 0 aromatic carbocycles. The SMILES string of the molecule is CCNC(=O)NC(C)C(=O)N(C)CC. The van der Waals surface area contributed by atoms with Gasteiger partial charge in [0.25, 0.3) is 0 Å². The lowest BCUT2D eigenvalue weighted by Crippen LogP contribution is -2.48. The van der Waals surface area contributed by atoms with Gasteiger partial charge in [-0.15, -0.1) is 0 Å². The number of nitrogens with one attached hydrogen (secondary N) is 2. The standard InChI is InChI=1S/C9H19N3O2/c1-5-10-9(14)11-7(3)8(13)12(4)6-2/h7H,5-6H2,1-4H3,(H2,10,11,14). The molecule has 0 spiro atoms. The topological polar surface area (TPSA) is 61.4 Å². The molecule has 5 heteroatoms. The van der Waals surface area contributed by atoms with Crippen molar-refractivity contribution in [1.29, 1.82) is 0 Å². The van der Waals surface area contributed by atoms with Crippen LogP contribution in [0.4, 0.5) is 4.79 Å². The highest BCUT2D eigenvalue weighted by molar-refractivity contribution is 5.86. The molecule has 0 saturated carbocycles. The molecule has 0 fully saturated rings. The highest BCUT2D eigenvalue weighted by atomic mass is 16.2. The summed E-state index contributed by atoms with van der Waals surface area (Å²) in [5.74, 6) is -0.0845. The van der Waals surface area contributed by atoms with Crippen molar-refractivity contribution >= 4 is 11.9 Å². The lowest BCUT2D eigenvalue weighted by molar-refractivity contribution is -0.131. The van der Waals surface area contributed by atoms with Crippen LogP contribution in [-0.4, -0.2) is 43.0 Å². The highest BCUT2D eigenvalue weighted by Crippen LogP contribution is 1.90. The minimum atomic E-state index is -0.480. The van der Waals surface area contributed by atoms with Crippen LogP contribution in [0.2, 0.25) is 0 Å². The highest BCUT2D eigenvalue weighted by Gasteiger charge is 2.17. The van der Waals surface area contributed by atoms with Crippen LogP contribution < -0.4 is 10.6 Å². The van der Waals surface area contributed by atoms with Crippen LogP contribution in [0.3, 0.4) is 0 Å². The van der Waals surface area contributed by atoms with Gasteiger partial charge in [-0.1, -0.05) is 0 Å². The summed E-state index contributed by atoms with van der Waals surface area (Å²) in [4.78, 5) is 24.1. The smallest absolute Gasteiger partial charge is 0.315 e. The molecule has 0 aromatic heterocycles. The van der Waals surface area contributed by atoms with E-state index in [9.17, 15) is 9.59 Å². The first-order chi connectivity index (χ1) is 6.52. The monoisotopic (exact) mass is 201 g/mol. The lowest BCUT2D eigenvalue weighted by Gasteiger charge is -2.20. The zero-order chi connectivity index (χ0) is 11.1. The van der Waals surface area contributed by atoms with E-state index in [-0.39, 0.29) is 11.9 Å². The first-order valence-corrected chi connectivity index (χ1v) is 4.82. The van der Waals surface area contributed by atoms with E-state index in [0.29, 0.717) is 13.1 Å². The van der Waals surface area contributed by atoms with Gasteiger partial charge < -0.3 is 15.5 Å². The van der Waals surface area contributed by atoms with Crippen molar-refractivity contribution in [2.24, 2.45) is 0 Å². The van der Waals surface area contributed by atoms with Gasteiger partial charge in [-0.3, -0.25) is 4.79 Å². The van der Waals surface area contributed by atoms with Gasteiger partial charge in [0.15, 0.2) is 0 Å². The molecule has 1 atom stereocenters. The summed E-state index contributed by atoms with van der Waals surface area (Å²) in [5, 5.41) is 5.12. The number of hydrogen-bond donors (Lipinski definition) is 2. The summed E-state index contributed by atoms with van der Waals surface area (Å²) in [6, 6.07) is -0.788. The van der Waals surface area contributed by atoms with E-state index in [4.69, 9.17) is 0 Å². The molecule has 3 amide bonds. The first kappa shape index (κ1) is 12.7. The van der Waals surface area contributed by atoms with E-state index < -0.39 is 6.04 Å². The van der Waals surface area contributed by atoms with E-state index in [1.165, 1.54) is 0 Å². The van der Waals surface area contributed by atoms with Crippen LogP contribution in [0.1, 0.15) is 20.8 Å². The van der Waals surface area contributed by atoms with Gasteiger partial charge in [0.2, 0.25) is 5.91 Å². The average Bonchev–Trinajstić information content (AvgIpc) is 2.15. The normalized spacial score (nSPS) is 11.7. The third-order valence-electron chi connectivity index (χ3n) is 1.91. The van der Waals surface area contributed by atoms with Crippen LogP contribution >= 0.6 is 0 Å². The minimum absolute atomic E-state index is 0.0845. The summed E-state index contributed by atoms with van der Waals surface area (Å²) in [7, 11) is 1.71. The fraction of sp³-hybridized carbons (Fsp3) is 0.778. The third kappa shape index (κ3) is 4.11. The maximum atomic E-state index is 11.5. The van der Waals surface area contributed by atoms with Crippen LogP contribution in [0, 0.1) is 0 Å². The Morgan fingerprint density at radius 3 is 2.36 bits per heavy atom. The zero-order valence-electron chi connectivity index (χ0n) is 9.26. The van der Waals surface area contributed by atoms with Crippen molar-refractivity contribution in [1.82, 2.24) is 15.5 Å². The lowest BCUT2D eigenvalue weighted by atomic mass is 10.3. The maximum absolute atomic E-state index is 11.5. The van der Waals surface area contributed by atoms with Crippen molar-refractivity contribution in [2.45, 2.75) is 26.8 Å². The number of likely N-dealkylation sites (N-methyl/N-ethyl adjacent to an activating group) is 1. The van der Waals surface area contributed by atoms with E-state index in [2.05, 4.69) is 10.6 Å².